The molecular weight excluding hydrogens is 172 g/mol. The first-order valence-corrected chi connectivity index (χ1v) is 3.83. The van der Waals surface area contributed by atoms with Gasteiger partial charge in [0.2, 0.25) is 0 Å². The van der Waals surface area contributed by atoms with Gasteiger partial charge in [0, 0.05) is 5.56 Å². The van der Waals surface area contributed by atoms with E-state index in [-0.39, 0.29) is 24.7 Å². The first kappa shape index (κ1) is 9.83. The highest BCUT2D eigenvalue weighted by atomic mass is 16.5. The van der Waals surface area contributed by atoms with Gasteiger partial charge in [-0.25, -0.2) is 0 Å². The minimum Gasteiger partial charge on any atom is -0.504 e. The van der Waals surface area contributed by atoms with E-state index >= 15 is 0 Å². The number of hydrogen-bond donors (Lipinski definition) is 3. The summed E-state index contributed by atoms with van der Waals surface area (Å²) < 4.78 is 4.86. The molecule has 3 N–H and O–H groups in total. The fraction of sp³-hybridized carbons (Fsp3) is 0.333. The fourth-order valence-corrected chi connectivity index (χ4v) is 1.10. The Morgan fingerprint density at radius 1 is 1.23 bits per heavy atom. The largest absolute Gasteiger partial charge is 0.504 e. The van der Waals surface area contributed by atoms with Gasteiger partial charge in [-0.05, 0) is 17.7 Å². The Hall–Kier alpha value is -1.26. The Balaban J connectivity index is 3.20. The lowest BCUT2D eigenvalue weighted by Crippen LogP contribution is -1.93. The molecule has 1 rings (SSSR count). The van der Waals surface area contributed by atoms with E-state index < -0.39 is 0 Å². The lowest BCUT2D eigenvalue weighted by Gasteiger charge is -2.09. The van der Waals surface area contributed by atoms with Gasteiger partial charge in [0.05, 0.1) is 20.3 Å². The predicted octanol–water partition coefficient (Wildman–Crippen LogP) is 0.385. The van der Waals surface area contributed by atoms with Gasteiger partial charge in [-0.1, -0.05) is 0 Å². The standard InChI is InChI=1S/C9H12O4/c1-13-8-3-6(4-10)2-7(5-11)9(8)12/h2-3,10-12H,4-5H2,1H3. The van der Waals surface area contributed by atoms with E-state index in [1.54, 1.807) is 0 Å². The molecule has 0 saturated carbocycles. The van der Waals surface area contributed by atoms with Crippen LogP contribution in [0.5, 0.6) is 11.5 Å². The summed E-state index contributed by atoms with van der Waals surface area (Å²) in [5, 5.41) is 27.2. The lowest BCUT2D eigenvalue weighted by atomic mass is 10.1. The molecule has 0 aromatic heterocycles. The van der Waals surface area contributed by atoms with Crippen LogP contribution in [0.1, 0.15) is 11.1 Å². The van der Waals surface area contributed by atoms with Crippen molar-refractivity contribution in [2.75, 3.05) is 7.11 Å². The molecule has 0 aliphatic rings. The van der Waals surface area contributed by atoms with Gasteiger partial charge in [0.15, 0.2) is 11.5 Å². The summed E-state index contributed by atoms with van der Waals surface area (Å²) in [5.74, 6) is 0.179. The van der Waals surface area contributed by atoms with E-state index in [2.05, 4.69) is 0 Å². The molecule has 0 unspecified atom stereocenters. The monoisotopic (exact) mass is 184 g/mol. The molecule has 0 bridgehead atoms. The number of benzene rings is 1. The van der Waals surface area contributed by atoms with Crippen molar-refractivity contribution in [1.29, 1.82) is 0 Å². The van der Waals surface area contributed by atoms with Crippen LogP contribution in [0.3, 0.4) is 0 Å². The highest BCUT2D eigenvalue weighted by molar-refractivity contribution is 5.48. The topological polar surface area (TPSA) is 69.9 Å². The van der Waals surface area contributed by atoms with Crippen molar-refractivity contribution < 1.29 is 20.1 Å². The number of aliphatic hydroxyl groups excluding tert-OH is 2. The van der Waals surface area contributed by atoms with Crippen LogP contribution in [0.4, 0.5) is 0 Å². The van der Waals surface area contributed by atoms with Crippen LogP contribution in [-0.2, 0) is 13.2 Å². The fourth-order valence-electron chi connectivity index (χ4n) is 1.10. The molecule has 4 nitrogen and oxygen atoms in total. The van der Waals surface area contributed by atoms with Gasteiger partial charge < -0.3 is 20.1 Å². The Labute approximate surface area is 76.0 Å². The van der Waals surface area contributed by atoms with Crippen LogP contribution in [0.15, 0.2) is 12.1 Å². The molecule has 0 aliphatic heterocycles. The molecule has 1 aromatic carbocycles. The Bertz CT molecular complexity index is 271. The third kappa shape index (κ3) is 1.91. The molecule has 72 valence electrons. The van der Waals surface area contributed by atoms with Gasteiger partial charge in [0.1, 0.15) is 0 Å². The van der Waals surface area contributed by atoms with E-state index in [1.807, 2.05) is 0 Å². The third-order valence-corrected chi connectivity index (χ3v) is 1.79. The number of hydrogen-bond acceptors (Lipinski definition) is 4. The first-order chi connectivity index (χ1) is 6.22. The molecule has 0 saturated heterocycles. The van der Waals surface area contributed by atoms with E-state index in [4.69, 9.17) is 14.9 Å². The normalized spacial score (nSPS) is 10.1. The Morgan fingerprint density at radius 2 is 1.92 bits per heavy atom. The molecule has 0 radical (unpaired) electrons. The quantitative estimate of drug-likeness (QED) is 0.635. The van der Waals surface area contributed by atoms with Gasteiger partial charge in [-0.2, -0.15) is 0 Å². The predicted molar refractivity (Wildman–Crippen MR) is 46.5 cm³/mol. The molecule has 0 amide bonds. The smallest absolute Gasteiger partial charge is 0.163 e. The Morgan fingerprint density at radius 3 is 2.38 bits per heavy atom. The van der Waals surface area contributed by atoms with Crippen LogP contribution in [0.25, 0.3) is 0 Å². The number of rotatable bonds is 3. The second-order valence-corrected chi connectivity index (χ2v) is 2.62. The van der Waals surface area contributed by atoms with Crippen molar-refractivity contribution in [2.24, 2.45) is 0 Å². The SMILES string of the molecule is COc1cc(CO)cc(CO)c1O. The third-order valence-electron chi connectivity index (χ3n) is 1.79. The van der Waals surface area contributed by atoms with Crippen LogP contribution in [0, 0.1) is 0 Å². The summed E-state index contributed by atoms with van der Waals surface area (Å²) in [7, 11) is 1.41. The van der Waals surface area contributed by atoms with E-state index in [0.29, 0.717) is 11.1 Å². The van der Waals surface area contributed by atoms with Crippen LogP contribution in [-0.4, -0.2) is 22.4 Å². The zero-order valence-corrected chi connectivity index (χ0v) is 7.32. The summed E-state index contributed by atoms with van der Waals surface area (Å²) >= 11 is 0. The number of aromatic hydroxyl groups is 1. The zero-order valence-electron chi connectivity index (χ0n) is 7.32. The number of ether oxygens (including phenoxy) is 1. The van der Waals surface area contributed by atoms with Crippen LogP contribution >= 0.6 is 0 Å². The van der Waals surface area contributed by atoms with Crippen molar-refractivity contribution >= 4 is 0 Å². The summed E-state index contributed by atoms with van der Waals surface area (Å²) in [5.41, 5.74) is 0.946. The molecule has 0 fully saturated rings. The minimum absolute atomic E-state index is 0.0813. The van der Waals surface area contributed by atoms with Crippen molar-refractivity contribution in [2.45, 2.75) is 13.2 Å². The van der Waals surface area contributed by atoms with Crippen LogP contribution < -0.4 is 4.74 Å². The number of aliphatic hydroxyl groups is 2. The first-order valence-electron chi connectivity index (χ1n) is 3.83. The number of methoxy groups -OCH3 is 1. The summed E-state index contributed by atoms with van der Waals surface area (Å²) in [6.45, 7) is -0.431. The van der Waals surface area contributed by atoms with E-state index in [9.17, 15) is 5.11 Å². The molecule has 13 heavy (non-hydrogen) atoms. The van der Waals surface area contributed by atoms with Crippen molar-refractivity contribution in [3.8, 4) is 11.5 Å². The van der Waals surface area contributed by atoms with Crippen molar-refractivity contribution in [3.05, 3.63) is 23.3 Å². The maximum atomic E-state index is 9.44. The molecule has 4 heteroatoms. The van der Waals surface area contributed by atoms with Gasteiger partial charge in [0.25, 0.3) is 0 Å². The maximum absolute atomic E-state index is 9.44. The molecule has 1 aromatic rings. The molecule has 0 spiro atoms. The van der Waals surface area contributed by atoms with Crippen molar-refractivity contribution in [1.82, 2.24) is 0 Å². The zero-order chi connectivity index (χ0) is 9.84. The van der Waals surface area contributed by atoms with E-state index in [0.717, 1.165) is 0 Å². The Kier molecular flexibility index (Phi) is 3.11. The van der Waals surface area contributed by atoms with Crippen molar-refractivity contribution in [3.63, 3.8) is 0 Å². The minimum atomic E-state index is -0.282. The maximum Gasteiger partial charge on any atom is 0.163 e. The summed E-state index contributed by atoms with van der Waals surface area (Å²) in [6.07, 6.45) is 0. The highest BCUT2D eigenvalue weighted by Crippen LogP contribution is 2.31. The average molecular weight is 184 g/mol. The summed E-state index contributed by atoms with van der Waals surface area (Å²) in [4.78, 5) is 0. The van der Waals surface area contributed by atoms with Gasteiger partial charge in [-0.3, -0.25) is 0 Å². The van der Waals surface area contributed by atoms with Gasteiger partial charge >= 0.3 is 0 Å². The molecular formula is C9H12O4. The van der Waals surface area contributed by atoms with Crippen LogP contribution in [0.2, 0.25) is 0 Å². The molecule has 0 heterocycles. The number of phenols is 1. The average Bonchev–Trinajstić information content (AvgIpc) is 2.18. The highest BCUT2D eigenvalue weighted by Gasteiger charge is 2.08. The molecule has 0 atom stereocenters. The second-order valence-electron chi connectivity index (χ2n) is 2.62. The van der Waals surface area contributed by atoms with E-state index in [1.165, 1.54) is 19.2 Å². The second kappa shape index (κ2) is 4.11. The molecule has 0 aliphatic carbocycles. The lowest BCUT2D eigenvalue weighted by molar-refractivity contribution is 0.267. The summed E-state index contributed by atoms with van der Waals surface area (Å²) in [6, 6.07) is 3.05. The van der Waals surface area contributed by atoms with Gasteiger partial charge in [-0.15, -0.1) is 0 Å².